The fraction of sp³-hybridized carbons (Fsp3) is 0.600. The molecule has 1 aliphatic rings. The summed E-state index contributed by atoms with van der Waals surface area (Å²) in [5.41, 5.74) is 1.45. The Morgan fingerprint density at radius 1 is 1.39 bits per heavy atom. The van der Waals surface area contributed by atoms with Crippen molar-refractivity contribution >= 4 is 11.8 Å². The quantitative estimate of drug-likeness (QED) is 0.880. The maximum Gasteiger partial charge on any atom is 0.0476 e. The molecule has 2 unspecified atom stereocenters. The van der Waals surface area contributed by atoms with Crippen LogP contribution in [0.2, 0.25) is 0 Å². The summed E-state index contributed by atoms with van der Waals surface area (Å²) in [6.45, 7) is 5.73. The van der Waals surface area contributed by atoms with E-state index in [1.807, 2.05) is 11.8 Å². The number of nitrogens with zero attached hydrogens (tertiary/aromatic N) is 1. The first kappa shape index (κ1) is 13.9. The van der Waals surface area contributed by atoms with Crippen LogP contribution in [0.25, 0.3) is 0 Å². The fourth-order valence-corrected chi connectivity index (χ4v) is 3.26. The molecule has 0 aliphatic carbocycles. The molecule has 1 N–H and O–H groups in total. The van der Waals surface area contributed by atoms with Crippen molar-refractivity contribution in [1.29, 1.82) is 0 Å². The molecule has 100 valence electrons. The van der Waals surface area contributed by atoms with E-state index in [0.717, 1.165) is 19.6 Å². The van der Waals surface area contributed by atoms with Gasteiger partial charge < -0.3 is 5.32 Å². The van der Waals surface area contributed by atoms with E-state index >= 15 is 0 Å². The van der Waals surface area contributed by atoms with Crippen LogP contribution >= 0.6 is 11.8 Å². The van der Waals surface area contributed by atoms with Crippen LogP contribution in [0.15, 0.2) is 30.3 Å². The lowest BCUT2D eigenvalue weighted by atomic mass is 10.0. The first-order chi connectivity index (χ1) is 8.83. The zero-order valence-electron chi connectivity index (χ0n) is 11.4. The second-order valence-corrected chi connectivity index (χ2v) is 5.98. The van der Waals surface area contributed by atoms with Crippen molar-refractivity contribution in [3.8, 4) is 0 Å². The highest BCUT2D eigenvalue weighted by molar-refractivity contribution is 7.98. The number of piperazine rings is 1. The average molecular weight is 264 g/mol. The molecule has 1 aliphatic heterocycles. The van der Waals surface area contributed by atoms with Crippen LogP contribution in [0.1, 0.15) is 24.9 Å². The molecule has 1 saturated heterocycles. The van der Waals surface area contributed by atoms with Crippen molar-refractivity contribution in [2.45, 2.75) is 25.4 Å². The highest BCUT2D eigenvalue weighted by atomic mass is 32.2. The third kappa shape index (κ3) is 3.50. The van der Waals surface area contributed by atoms with Gasteiger partial charge in [0.05, 0.1) is 0 Å². The molecule has 3 heteroatoms. The summed E-state index contributed by atoms with van der Waals surface area (Å²) < 4.78 is 0. The third-order valence-electron chi connectivity index (χ3n) is 3.78. The zero-order chi connectivity index (χ0) is 12.8. The minimum absolute atomic E-state index is 0.539. The van der Waals surface area contributed by atoms with E-state index in [1.165, 1.54) is 17.7 Å². The van der Waals surface area contributed by atoms with Crippen molar-refractivity contribution < 1.29 is 0 Å². The van der Waals surface area contributed by atoms with E-state index in [-0.39, 0.29) is 0 Å². The van der Waals surface area contributed by atoms with Gasteiger partial charge in [-0.25, -0.2) is 0 Å². The van der Waals surface area contributed by atoms with Gasteiger partial charge in [0.2, 0.25) is 0 Å². The minimum atomic E-state index is 0.539. The maximum absolute atomic E-state index is 3.53. The molecule has 1 aromatic carbocycles. The highest BCUT2D eigenvalue weighted by Crippen LogP contribution is 2.25. The molecule has 2 rings (SSSR count). The van der Waals surface area contributed by atoms with Crippen molar-refractivity contribution in [2.24, 2.45) is 0 Å². The summed E-state index contributed by atoms with van der Waals surface area (Å²) in [4.78, 5) is 2.67. The molecule has 0 aromatic heterocycles. The normalized spacial score (nSPS) is 22.9. The third-order valence-corrected chi connectivity index (χ3v) is 4.42. The van der Waals surface area contributed by atoms with Crippen molar-refractivity contribution in [1.82, 2.24) is 10.2 Å². The van der Waals surface area contributed by atoms with Crippen LogP contribution < -0.4 is 5.32 Å². The van der Waals surface area contributed by atoms with E-state index in [4.69, 9.17) is 0 Å². The molecule has 18 heavy (non-hydrogen) atoms. The molecule has 0 saturated carbocycles. The predicted octanol–water partition coefficient (Wildman–Crippen LogP) is 2.77. The Balaban J connectivity index is 2.06. The molecule has 0 bridgehead atoms. The molecule has 0 amide bonds. The van der Waals surface area contributed by atoms with Gasteiger partial charge in [0.1, 0.15) is 0 Å². The van der Waals surface area contributed by atoms with Gasteiger partial charge >= 0.3 is 0 Å². The molecule has 0 radical (unpaired) electrons. The van der Waals surface area contributed by atoms with Gasteiger partial charge in [0, 0.05) is 31.7 Å². The summed E-state index contributed by atoms with van der Waals surface area (Å²) >= 11 is 1.95. The number of benzene rings is 1. The van der Waals surface area contributed by atoms with E-state index in [0.29, 0.717) is 12.1 Å². The van der Waals surface area contributed by atoms with E-state index < -0.39 is 0 Å². The summed E-state index contributed by atoms with van der Waals surface area (Å²) in [7, 11) is 0. The lowest BCUT2D eigenvalue weighted by Gasteiger charge is -2.40. The molecule has 1 heterocycles. The van der Waals surface area contributed by atoms with Crippen molar-refractivity contribution in [3.63, 3.8) is 0 Å². The Morgan fingerprint density at radius 2 is 2.17 bits per heavy atom. The molecular formula is C15H24N2S. The van der Waals surface area contributed by atoms with E-state index in [1.54, 1.807) is 0 Å². The van der Waals surface area contributed by atoms with Crippen LogP contribution in [-0.2, 0) is 0 Å². The van der Waals surface area contributed by atoms with E-state index in [2.05, 4.69) is 53.7 Å². The highest BCUT2D eigenvalue weighted by Gasteiger charge is 2.26. The number of hydrogen-bond acceptors (Lipinski definition) is 3. The van der Waals surface area contributed by atoms with Gasteiger partial charge in [0.15, 0.2) is 0 Å². The molecule has 2 nitrogen and oxygen atoms in total. The Morgan fingerprint density at radius 3 is 2.89 bits per heavy atom. The van der Waals surface area contributed by atoms with Crippen molar-refractivity contribution in [2.75, 3.05) is 31.6 Å². The van der Waals surface area contributed by atoms with Crippen LogP contribution in [-0.4, -0.2) is 42.6 Å². The van der Waals surface area contributed by atoms with Gasteiger partial charge in [-0.3, -0.25) is 4.90 Å². The number of thioether (sulfide) groups is 1. The zero-order valence-corrected chi connectivity index (χ0v) is 12.2. The van der Waals surface area contributed by atoms with Gasteiger partial charge in [-0.15, -0.1) is 0 Å². The lowest BCUT2D eigenvalue weighted by Crippen LogP contribution is -2.49. The Bertz CT molecular complexity index is 342. The lowest BCUT2D eigenvalue weighted by molar-refractivity contribution is 0.113. The Kier molecular flexibility index (Phi) is 5.54. The monoisotopic (exact) mass is 264 g/mol. The minimum Gasteiger partial charge on any atom is -0.314 e. The maximum atomic E-state index is 3.53. The summed E-state index contributed by atoms with van der Waals surface area (Å²) in [5, 5.41) is 3.53. The smallest absolute Gasteiger partial charge is 0.0476 e. The van der Waals surface area contributed by atoms with E-state index in [9.17, 15) is 0 Å². The topological polar surface area (TPSA) is 15.3 Å². The van der Waals surface area contributed by atoms with Crippen LogP contribution in [0, 0.1) is 0 Å². The first-order valence-electron chi connectivity index (χ1n) is 6.83. The fourth-order valence-electron chi connectivity index (χ4n) is 2.69. The standard InChI is InChI=1S/C15H24N2S/c1-13(8-11-18-2)17-10-9-16-12-15(17)14-6-4-3-5-7-14/h3-7,13,15-16H,8-12H2,1-2H3. The SMILES string of the molecule is CSCCC(C)N1CCNCC1c1ccccc1. The van der Waals surface area contributed by atoms with Gasteiger partial charge in [0.25, 0.3) is 0 Å². The molecule has 1 aromatic rings. The Hall–Kier alpha value is -0.510. The van der Waals surface area contributed by atoms with Crippen LogP contribution in [0.3, 0.4) is 0 Å². The molecular weight excluding hydrogens is 240 g/mol. The second kappa shape index (κ2) is 7.17. The number of nitrogens with one attached hydrogen (secondary N) is 1. The van der Waals surface area contributed by atoms with Gasteiger partial charge in [-0.05, 0) is 30.9 Å². The summed E-state index contributed by atoms with van der Waals surface area (Å²) in [6, 6.07) is 12.1. The second-order valence-electron chi connectivity index (χ2n) is 5.00. The molecule has 1 fully saturated rings. The molecule has 2 atom stereocenters. The number of rotatable bonds is 5. The largest absolute Gasteiger partial charge is 0.314 e. The van der Waals surface area contributed by atoms with Gasteiger partial charge in [-0.1, -0.05) is 30.3 Å². The predicted molar refractivity (Wildman–Crippen MR) is 81.2 cm³/mol. The summed E-state index contributed by atoms with van der Waals surface area (Å²) in [6.07, 6.45) is 3.48. The summed E-state index contributed by atoms with van der Waals surface area (Å²) in [5.74, 6) is 1.26. The Labute approximate surface area is 115 Å². The average Bonchev–Trinajstić information content (AvgIpc) is 2.45. The number of hydrogen-bond donors (Lipinski definition) is 1. The van der Waals surface area contributed by atoms with Crippen molar-refractivity contribution in [3.05, 3.63) is 35.9 Å². The molecule has 0 spiro atoms. The van der Waals surface area contributed by atoms with Crippen LogP contribution in [0.5, 0.6) is 0 Å². The van der Waals surface area contributed by atoms with Gasteiger partial charge in [-0.2, -0.15) is 11.8 Å². The first-order valence-corrected chi connectivity index (χ1v) is 8.22. The van der Waals surface area contributed by atoms with Crippen LogP contribution in [0.4, 0.5) is 0 Å².